The zero-order valence-corrected chi connectivity index (χ0v) is 19.4. The van der Waals surface area contributed by atoms with Crippen LogP contribution >= 0.6 is 11.3 Å². The fourth-order valence-corrected chi connectivity index (χ4v) is 4.87. The molecule has 7 nitrogen and oxygen atoms in total. The summed E-state index contributed by atoms with van der Waals surface area (Å²) in [6.07, 6.45) is 3.68. The van der Waals surface area contributed by atoms with E-state index in [0.29, 0.717) is 12.2 Å². The lowest BCUT2D eigenvalue weighted by atomic mass is 10.1. The highest BCUT2D eigenvalue weighted by molar-refractivity contribution is 7.22. The maximum Gasteiger partial charge on any atom is 0.280 e. The molecule has 1 fully saturated rings. The number of carbonyl (C=O) groups excluding carboxylic acids is 1. The lowest BCUT2D eigenvalue weighted by molar-refractivity contribution is 0.0376. The van der Waals surface area contributed by atoms with E-state index in [1.807, 2.05) is 21.8 Å². The molecule has 0 spiro atoms. The van der Waals surface area contributed by atoms with Crippen molar-refractivity contribution in [1.82, 2.24) is 19.7 Å². The largest absolute Gasteiger partial charge is 0.379 e. The fourth-order valence-electron chi connectivity index (χ4n) is 3.83. The highest BCUT2D eigenvalue weighted by Crippen LogP contribution is 2.32. The first-order chi connectivity index (χ1) is 15.1. The normalized spacial score (nSPS) is 15.1. The van der Waals surface area contributed by atoms with E-state index in [4.69, 9.17) is 9.72 Å². The van der Waals surface area contributed by atoms with Crippen LogP contribution < -0.4 is 4.90 Å². The number of rotatable bonds is 8. The number of morpholine rings is 1. The number of para-hydroxylation sites is 1. The summed E-state index contributed by atoms with van der Waals surface area (Å²) in [4.78, 5) is 22.6. The number of nitrogens with zero attached hydrogens (tertiary/aromatic N) is 5. The van der Waals surface area contributed by atoms with Gasteiger partial charge >= 0.3 is 0 Å². The molecule has 1 aliphatic heterocycles. The molecule has 0 aliphatic carbocycles. The molecule has 1 amide bonds. The Labute approximate surface area is 187 Å². The molecule has 3 heterocycles. The number of carbonyl (C=O) groups is 1. The molecule has 0 saturated carbocycles. The maximum absolute atomic E-state index is 13.5. The third-order valence-electron chi connectivity index (χ3n) is 5.66. The quantitative estimate of drug-likeness (QED) is 0.529. The molecule has 0 atom stereocenters. The van der Waals surface area contributed by atoms with Gasteiger partial charge in [-0.05, 0) is 44.4 Å². The molecule has 0 N–H and O–H groups in total. The lowest BCUT2D eigenvalue weighted by Gasteiger charge is -2.27. The molecule has 8 heteroatoms. The van der Waals surface area contributed by atoms with Gasteiger partial charge in [-0.25, -0.2) is 4.98 Å². The van der Waals surface area contributed by atoms with Crippen LogP contribution in [0.3, 0.4) is 0 Å². The lowest BCUT2D eigenvalue weighted by Crippen LogP contribution is -2.39. The molecular weight excluding hydrogens is 410 g/mol. The van der Waals surface area contributed by atoms with Crippen molar-refractivity contribution in [3.8, 4) is 0 Å². The molecule has 1 aliphatic rings. The Kier molecular flexibility index (Phi) is 6.99. The molecular formula is C23H31N5O2S. The summed E-state index contributed by atoms with van der Waals surface area (Å²) in [7, 11) is 0. The van der Waals surface area contributed by atoms with E-state index in [0.717, 1.165) is 61.0 Å². The molecule has 0 radical (unpaired) electrons. The van der Waals surface area contributed by atoms with Crippen LogP contribution in [0.15, 0.2) is 30.5 Å². The Morgan fingerprint density at radius 1 is 1.26 bits per heavy atom. The van der Waals surface area contributed by atoms with Crippen molar-refractivity contribution in [3.63, 3.8) is 0 Å². The zero-order valence-electron chi connectivity index (χ0n) is 18.6. The summed E-state index contributed by atoms with van der Waals surface area (Å²) < 4.78 is 8.39. The van der Waals surface area contributed by atoms with Crippen LogP contribution in [0.25, 0.3) is 10.2 Å². The van der Waals surface area contributed by atoms with E-state index < -0.39 is 0 Å². The summed E-state index contributed by atoms with van der Waals surface area (Å²) in [6, 6.07) is 8.28. The van der Waals surface area contributed by atoms with E-state index in [1.54, 1.807) is 11.3 Å². The first-order valence-electron chi connectivity index (χ1n) is 11.1. The number of amides is 1. The summed E-state index contributed by atoms with van der Waals surface area (Å²) in [5.41, 5.74) is 2.68. The third kappa shape index (κ3) is 4.97. The van der Waals surface area contributed by atoms with Gasteiger partial charge in [-0.1, -0.05) is 30.4 Å². The van der Waals surface area contributed by atoms with Crippen molar-refractivity contribution in [1.29, 1.82) is 0 Å². The summed E-state index contributed by atoms with van der Waals surface area (Å²) in [6.45, 7) is 11.3. The van der Waals surface area contributed by atoms with E-state index in [1.165, 1.54) is 5.56 Å². The minimum atomic E-state index is -0.0847. The van der Waals surface area contributed by atoms with Crippen molar-refractivity contribution in [2.45, 2.75) is 39.7 Å². The second-order valence-corrected chi connectivity index (χ2v) is 9.16. The van der Waals surface area contributed by atoms with Gasteiger partial charge in [0.05, 0.1) is 23.4 Å². The smallest absolute Gasteiger partial charge is 0.280 e. The topological polar surface area (TPSA) is 63.5 Å². The minimum absolute atomic E-state index is 0.0847. The molecule has 31 heavy (non-hydrogen) atoms. The van der Waals surface area contributed by atoms with Gasteiger partial charge < -0.3 is 4.74 Å². The molecule has 3 aromatic rings. The fraction of sp³-hybridized carbons (Fsp3) is 0.522. The maximum atomic E-state index is 13.5. The van der Waals surface area contributed by atoms with Gasteiger partial charge in [0.25, 0.3) is 5.91 Å². The van der Waals surface area contributed by atoms with Crippen molar-refractivity contribution in [2.75, 3.05) is 44.3 Å². The number of hydrogen-bond donors (Lipinski definition) is 0. The van der Waals surface area contributed by atoms with Crippen LogP contribution in [0.4, 0.5) is 5.13 Å². The monoisotopic (exact) mass is 441 g/mol. The van der Waals surface area contributed by atoms with E-state index in [9.17, 15) is 4.79 Å². The Balaban J connectivity index is 1.59. The molecule has 1 saturated heterocycles. The first kappa shape index (κ1) is 21.9. The van der Waals surface area contributed by atoms with Crippen LogP contribution in [0.5, 0.6) is 0 Å². The van der Waals surface area contributed by atoms with E-state index in [2.05, 4.69) is 49.0 Å². The van der Waals surface area contributed by atoms with Gasteiger partial charge in [0, 0.05) is 38.4 Å². The number of fused-ring (bicyclic) bond motifs is 1. The third-order valence-corrected chi connectivity index (χ3v) is 6.71. The molecule has 0 bridgehead atoms. The van der Waals surface area contributed by atoms with Crippen molar-refractivity contribution in [3.05, 3.63) is 41.7 Å². The number of anilines is 1. The highest BCUT2D eigenvalue weighted by Gasteiger charge is 2.24. The van der Waals surface area contributed by atoms with E-state index in [-0.39, 0.29) is 11.9 Å². The molecule has 0 unspecified atom stereocenters. The van der Waals surface area contributed by atoms with Gasteiger partial charge in [0.2, 0.25) is 0 Å². The summed E-state index contributed by atoms with van der Waals surface area (Å²) >= 11 is 1.58. The van der Waals surface area contributed by atoms with Crippen LogP contribution in [-0.4, -0.2) is 65.0 Å². The Hall–Kier alpha value is -2.29. The molecule has 2 aromatic heterocycles. The number of hydrogen-bond acceptors (Lipinski definition) is 6. The first-order valence-corrected chi connectivity index (χ1v) is 11.9. The number of aryl methyl sites for hydroxylation is 1. The predicted molar refractivity (Wildman–Crippen MR) is 125 cm³/mol. The summed E-state index contributed by atoms with van der Waals surface area (Å²) in [5, 5.41) is 5.27. The van der Waals surface area contributed by atoms with Gasteiger partial charge in [-0.2, -0.15) is 5.10 Å². The number of thiazole rings is 1. The van der Waals surface area contributed by atoms with Crippen molar-refractivity contribution >= 4 is 32.6 Å². The average Bonchev–Trinajstić information content (AvgIpc) is 3.44. The van der Waals surface area contributed by atoms with Crippen LogP contribution in [0.1, 0.15) is 49.3 Å². The second-order valence-electron chi connectivity index (χ2n) is 8.15. The van der Waals surface area contributed by atoms with Gasteiger partial charge in [0.15, 0.2) is 10.8 Å². The molecule has 1 aromatic carbocycles. The van der Waals surface area contributed by atoms with Gasteiger partial charge in [0.1, 0.15) is 0 Å². The standard InChI is InChI=1S/C23H31N5O2S/c1-4-18-7-5-8-20-21(18)24-23(31-20)27(11-6-10-26-13-15-30-16-14-26)22(29)19-9-12-28(25-19)17(2)3/h5,7-9,12,17H,4,6,10-11,13-16H2,1-3H3. The molecule has 4 rings (SSSR count). The predicted octanol–water partition coefficient (Wildman–Crippen LogP) is 4.01. The SMILES string of the molecule is CCc1cccc2sc(N(CCCN3CCOCC3)C(=O)c3ccn(C(C)C)n3)nc12. The van der Waals surface area contributed by atoms with Crippen LogP contribution in [-0.2, 0) is 11.2 Å². The number of aromatic nitrogens is 3. The Morgan fingerprint density at radius 3 is 2.77 bits per heavy atom. The zero-order chi connectivity index (χ0) is 21.8. The minimum Gasteiger partial charge on any atom is -0.379 e. The van der Waals surface area contributed by atoms with E-state index >= 15 is 0 Å². The van der Waals surface area contributed by atoms with Crippen LogP contribution in [0.2, 0.25) is 0 Å². The van der Waals surface area contributed by atoms with Crippen molar-refractivity contribution < 1.29 is 9.53 Å². The van der Waals surface area contributed by atoms with Crippen LogP contribution in [0, 0.1) is 0 Å². The summed E-state index contributed by atoms with van der Waals surface area (Å²) in [5.74, 6) is -0.0847. The highest BCUT2D eigenvalue weighted by atomic mass is 32.1. The number of benzene rings is 1. The van der Waals surface area contributed by atoms with Crippen molar-refractivity contribution in [2.24, 2.45) is 0 Å². The Bertz CT molecular complexity index is 1020. The second kappa shape index (κ2) is 9.89. The molecule has 166 valence electrons. The van der Waals surface area contributed by atoms with Gasteiger partial charge in [-0.15, -0.1) is 0 Å². The number of ether oxygens (including phenoxy) is 1. The van der Waals surface area contributed by atoms with Gasteiger partial charge in [-0.3, -0.25) is 19.3 Å². The average molecular weight is 442 g/mol. The Morgan fingerprint density at radius 2 is 2.06 bits per heavy atom.